The van der Waals surface area contributed by atoms with Crippen molar-refractivity contribution in [3.05, 3.63) is 84.4 Å². The van der Waals surface area contributed by atoms with Crippen molar-refractivity contribution in [3.8, 4) is 22.6 Å². The predicted octanol–water partition coefficient (Wildman–Crippen LogP) is 4.56. The predicted molar refractivity (Wildman–Crippen MR) is 140 cm³/mol. The molecule has 3 rings (SSSR count). The van der Waals surface area contributed by atoms with E-state index in [1.54, 1.807) is 0 Å². The number of ether oxygens (including phenoxy) is 2. The summed E-state index contributed by atoms with van der Waals surface area (Å²) in [7, 11) is -4.46. The van der Waals surface area contributed by atoms with Gasteiger partial charge in [0.05, 0.1) is 19.8 Å². The summed E-state index contributed by atoms with van der Waals surface area (Å²) in [5, 5.41) is 8.66. The van der Waals surface area contributed by atoms with Crippen molar-refractivity contribution in [2.45, 2.75) is 25.3 Å². The Morgan fingerprint density at radius 1 is 0.868 bits per heavy atom. The summed E-state index contributed by atoms with van der Waals surface area (Å²) in [4.78, 5) is 32.4. The van der Waals surface area contributed by atoms with E-state index in [0.717, 1.165) is 16.7 Å². The van der Waals surface area contributed by atoms with E-state index in [1.165, 1.54) is 0 Å². The van der Waals surface area contributed by atoms with Crippen molar-refractivity contribution in [3.63, 3.8) is 0 Å². The topological polar surface area (TPSA) is 155 Å². The number of aryl methyl sites for hydroxylation is 1. The Hall–Kier alpha value is -3.53. The van der Waals surface area contributed by atoms with Crippen LogP contribution in [0.1, 0.15) is 18.4 Å². The molecule has 4 N–H and O–H groups in total. The van der Waals surface area contributed by atoms with E-state index in [-0.39, 0.29) is 26.1 Å². The molecule has 0 spiro atoms. The molecule has 0 radical (unpaired) electrons. The zero-order valence-corrected chi connectivity index (χ0v) is 21.5. The van der Waals surface area contributed by atoms with Gasteiger partial charge in [-0.1, -0.05) is 66.7 Å². The number of carboxylic acid groups (broad SMARTS) is 1. The van der Waals surface area contributed by atoms with Gasteiger partial charge in [0.2, 0.25) is 0 Å². The van der Waals surface area contributed by atoms with Crippen molar-refractivity contribution in [1.82, 2.24) is 0 Å². The average molecular weight is 544 g/mol. The Morgan fingerprint density at radius 2 is 1.53 bits per heavy atom. The molecule has 202 valence electrons. The fourth-order valence-corrected chi connectivity index (χ4v) is 4.14. The minimum Gasteiger partial charge on any atom is -0.480 e. The van der Waals surface area contributed by atoms with Gasteiger partial charge in [-0.05, 0) is 29.7 Å². The molecule has 3 aromatic rings. The van der Waals surface area contributed by atoms with Crippen LogP contribution in [0.25, 0.3) is 11.1 Å². The number of benzene rings is 3. The highest BCUT2D eigenvalue weighted by Crippen LogP contribution is 2.43. The van der Waals surface area contributed by atoms with Gasteiger partial charge >= 0.3 is 19.8 Å². The van der Waals surface area contributed by atoms with Gasteiger partial charge in [0.15, 0.2) is 0 Å². The number of rotatable bonds is 15. The number of carboxylic acids is 1. The van der Waals surface area contributed by atoms with Crippen molar-refractivity contribution < 1.29 is 42.7 Å². The first-order valence-corrected chi connectivity index (χ1v) is 13.4. The molecule has 0 fully saturated rings. The number of esters is 1. The van der Waals surface area contributed by atoms with Gasteiger partial charge in [-0.25, -0.2) is 4.57 Å². The van der Waals surface area contributed by atoms with Gasteiger partial charge in [-0.3, -0.25) is 18.6 Å². The molecule has 0 heterocycles. The summed E-state index contributed by atoms with van der Waals surface area (Å²) in [6.45, 7) is -0.946. The Kier molecular flexibility index (Phi) is 11.0. The second-order valence-corrected chi connectivity index (χ2v) is 9.64. The second kappa shape index (κ2) is 14.4. The number of aliphatic carboxylic acids is 1. The van der Waals surface area contributed by atoms with Crippen LogP contribution in [0.4, 0.5) is 0 Å². The maximum Gasteiger partial charge on any atom is 0.472 e. The quantitative estimate of drug-likeness (QED) is 0.141. The van der Waals surface area contributed by atoms with Crippen LogP contribution >= 0.6 is 7.82 Å². The maximum absolute atomic E-state index is 12.2. The number of carbonyl (C=O) groups excluding carboxylic acids is 1. The highest BCUT2D eigenvalue weighted by Gasteiger charge is 2.24. The lowest BCUT2D eigenvalue weighted by Crippen LogP contribution is -2.34. The molecule has 0 aliphatic rings. The first kappa shape index (κ1) is 29.0. The number of carbonyl (C=O) groups is 2. The lowest BCUT2D eigenvalue weighted by molar-refractivity contribution is -0.143. The van der Waals surface area contributed by atoms with Crippen molar-refractivity contribution in [1.29, 1.82) is 0 Å². The lowest BCUT2D eigenvalue weighted by Gasteiger charge is -2.15. The molecule has 11 heteroatoms. The summed E-state index contributed by atoms with van der Waals surface area (Å²) in [5.41, 5.74) is 8.03. The molecule has 0 aliphatic heterocycles. The molecule has 0 bridgehead atoms. The Bertz CT molecular complexity index is 1250. The van der Waals surface area contributed by atoms with Gasteiger partial charge < -0.3 is 25.2 Å². The highest BCUT2D eigenvalue weighted by atomic mass is 31.2. The molecule has 3 aromatic carbocycles. The van der Waals surface area contributed by atoms with Crippen molar-refractivity contribution in [2.75, 3.05) is 19.8 Å². The maximum atomic E-state index is 12.2. The number of nitrogens with two attached hydrogens (primary N) is 1. The van der Waals surface area contributed by atoms with E-state index in [9.17, 15) is 19.0 Å². The van der Waals surface area contributed by atoms with Gasteiger partial charge in [0.25, 0.3) is 0 Å². The molecule has 0 amide bonds. The largest absolute Gasteiger partial charge is 0.480 e. The smallest absolute Gasteiger partial charge is 0.472 e. The van der Waals surface area contributed by atoms with E-state index in [0.29, 0.717) is 17.9 Å². The molecule has 0 saturated carbocycles. The highest BCUT2D eigenvalue weighted by molar-refractivity contribution is 7.47. The molecule has 0 saturated heterocycles. The average Bonchev–Trinajstić information content (AvgIpc) is 2.91. The van der Waals surface area contributed by atoms with Crippen LogP contribution in [-0.4, -0.2) is 47.8 Å². The summed E-state index contributed by atoms with van der Waals surface area (Å²) in [6.07, 6.45) is 0.638. The van der Waals surface area contributed by atoms with Gasteiger partial charge in [0.1, 0.15) is 17.5 Å². The van der Waals surface area contributed by atoms with Crippen LogP contribution in [0.3, 0.4) is 0 Å². The van der Waals surface area contributed by atoms with Gasteiger partial charge in [-0.15, -0.1) is 0 Å². The van der Waals surface area contributed by atoms with E-state index in [2.05, 4.69) is 4.52 Å². The van der Waals surface area contributed by atoms with Crippen LogP contribution in [0, 0.1) is 0 Å². The third-order valence-corrected chi connectivity index (χ3v) is 6.29. The van der Waals surface area contributed by atoms with E-state index in [1.807, 2.05) is 78.9 Å². The molecule has 38 heavy (non-hydrogen) atoms. The van der Waals surface area contributed by atoms with Gasteiger partial charge in [-0.2, -0.15) is 0 Å². The van der Waals surface area contributed by atoms with Crippen LogP contribution in [0.2, 0.25) is 0 Å². The summed E-state index contributed by atoms with van der Waals surface area (Å²) >= 11 is 0. The molecule has 10 nitrogen and oxygen atoms in total. The van der Waals surface area contributed by atoms with Gasteiger partial charge in [0, 0.05) is 18.4 Å². The minimum atomic E-state index is -4.46. The van der Waals surface area contributed by atoms with Crippen LogP contribution in [-0.2, 0) is 34.4 Å². The molecular formula is C27H30NO9P. The Balaban J connectivity index is 1.45. The number of phosphoric ester groups is 1. The Morgan fingerprint density at radius 3 is 2.26 bits per heavy atom. The molecular weight excluding hydrogens is 513 g/mol. The summed E-state index contributed by atoms with van der Waals surface area (Å²) in [5.74, 6) is -0.481. The number of hydrogen-bond donors (Lipinski definition) is 3. The molecule has 0 aromatic heterocycles. The standard InChI is InChI=1S/C27H30NO9P/c28-23(27(30)31)19-36-38(32,33)35-18-8-17-34-26(29)16-15-21-11-4-6-13-24(21)37-25-14-7-5-12-22(25)20-9-2-1-3-10-20/h1-7,9-14,23H,8,15-19,28H2,(H,30,31)(H,32,33)/t23-/m0/s1. The number of para-hydroxylation sites is 2. The minimum absolute atomic E-state index is 0.0317. The third-order valence-electron chi connectivity index (χ3n) is 5.30. The lowest BCUT2D eigenvalue weighted by atomic mass is 10.0. The monoisotopic (exact) mass is 543 g/mol. The first-order chi connectivity index (χ1) is 18.2. The van der Waals surface area contributed by atoms with Crippen LogP contribution in [0.5, 0.6) is 11.5 Å². The van der Waals surface area contributed by atoms with E-state index >= 15 is 0 Å². The second-order valence-electron chi connectivity index (χ2n) is 8.19. The zero-order chi connectivity index (χ0) is 27.4. The molecule has 0 aliphatic carbocycles. The summed E-state index contributed by atoms with van der Waals surface area (Å²) < 4.78 is 32.4. The Labute approximate surface area is 220 Å². The van der Waals surface area contributed by atoms with E-state index in [4.69, 9.17) is 24.8 Å². The first-order valence-electron chi connectivity index (χ1n) is 11.9. The van der Waals surface area contributed by atoms with Crippen molar-refractivity contribution in [2.24, 2.45) is 5.73 Å². The molecule has 2 atom stereocenters. The van der Waals surface area contributed by atoms with E-state index < -0.39 is 32.4 Å². The summed E-state index contributed by atoms with van der Waals surface area (Å²) in [6, 6.07) is 23.6. The third kappa shape index (κ3) is 9.41. The van der Waals surface area contributed by atoms with Crippen LogP contribution in [0.15, 0.2) is 78.9 Å². The fraction of sp³-hybridized carbons (Fsp3) is 0.259. The van der Waals surface area contributed by atoms with Crippen molar-refractivity contribution >= 4 is 19.8 Å². The zero-order valence-electron chi connectivity index (χ0n) is 20.6. The SMILES string of the molecule is N[C@@H](COP(=O)(O)OCCCOC(=O)CCc1ccccc1Oc1ccccc1-c1ccccc1)C(=O)O. The number of phosphoric acid groups is 1. The van der Waals surface area contributed by atoms with Crippen LogP contribution < -0.4 is 10.5 Å². The normalized spacial score (nSPS) is 13.3. The fourth-order valence-electron chi connectivity index (χ4n) is 3.36. The number of hydrogen-bond acceptors (Lipinski definition) is 8. The molecule has 1 unspecified atom stereocenters.